The molecule has 0 radical (unpaired) electrons. The van der Waals surface area contributed by atoms with E-state index in [0.29, 0.717) is 18.8 Å². The molecule has 0 aliphatic carbocycles. The summed E-state index contributed by atoms with van der Waals surface area (Å²) in [4.78, 5) is 11.1. The second kappa shape index (κ2) is 4.75. The Balaban J connectivity index is 2.31. The fourth-order valence-electron chi connectivity index (χ4n) is 2.11. The summed E-state index contributed by atoms with van der Waals surface area (Å²) in [7, 11) is 0. The molecular formula is C13H17NO3. The molecule has 0 bridgehead atoms. The lowest BCUT2D eigenvalue weighted by Gasteiger charge is -2.21. The van der Waals surface area contributed by atoms with E-state index in [1.54, 1.807) is 0 Å². The molecule has 0 fully saturated rings. The van der Waals surface area contributed by atoms with E-state index in [1.807, 2.05) is 25.1 Å². The lowest BCUT2D eigenvalue weighted by atomic mass is 9.98. The highest BCUT2D eigenvalue weighted by atomic mass is 16.5. The van der Waals surface area contributed by atoms with Gasteiger partial charge in [-0.25, -0.2) is 0 Å². The summed E-state index contributed by atoms with van der Waals surface area (Å²) >= 11 is 0. The average Bonchev–Trinajstić information content (AvgIpc) is 2.40. The second-order valence-corrected chi connectivity index (χ2v) is 4.43. The number of nitrogens with one attached hydrogen (secondary N) is 1. The number of fused-ring (bicyclic) bond motifs is 1. The molecule has 2 N–H and O–H groups in total. The van der Waals surface area contributed by atoms with Crippen LogP contribution in [0.2, 0.25) is 0 Å². The zero-order valence-corrected chi connectivity index (χ0v) is 10.1. The summed E-state index contributed by atoms with van der Waals surface area (Å²) < 4.78 is 5.57. The van der Waals surface area contributed by atoms with Gasteiger partial charge in [-0.05, 0) is 19.1 Å². The molecule has 1 heterocycles. The van der Waals surface area contributed by atoms with Gasteiger partial charge >= 0.3 is 0 Å². The number of carbonyl (C=O) groups excluding carboxylic acids is 1. The van der Waals surface area contributed by atoms with Crippen LogP contribution in [0.15, 0.2) is 18.2 Å². The monoisotopic (exact) mass is 235 g/mol. The molecule has 0 saturated heterocycles. The molecule has 1 aliphatic heterocycles. The summed E-state index contributed by atoms with van der Waals surface area (Å²) in [6, 6.07) is 5.43. The summed E-state index contributed by atoms with van der Waals surface area (Å²) in [5.74, 6) is 0.570. The van der Waals surface area contributed by atoms with E-state index in [0.717, 1.165) is 11.1 Å². The Morgan fingerprint density at radius 1 is 1.53 bits per heavy atom. The van der Waals surface area contributed by atoms with E-state index in [-0.39, 0.29) is 11.9 Å². The van der Waals surface area contributed by atoms with Crippen LogP contribution in [-0.2, 0) is 4.79 Å². The molecule has 0 aromatic heterocycles. The Morgan fingerprint density at radius 3 is 3.00 bits per heavy atom. The number of benzene rings is 1. The second-order valence-electron chi connectivity index (χ2n) is 4.43. The van der Waals surface area contributed by atoms with E-state index >= 15 is 0 Å². The third-order valence-electron chi connectivity index (χ3n) is 2.94. The largest absolute Gasteiger partial charge is 0.493 e. The van der Waals surface area contributed by atoms with E-state index in [2.05, 4.69) is 5.32 Å². The Bertz CT molecular complexity index is 431. The van der Waals surface area contributed by atoms with Crippen LogP contribution >= 0.6 is 0 Å². The fourth-order valence-corrected chi connectivity index (χ4v) is 2.11. The molecule has 2 atom stereocenters. The third kappa shape index (κ3) is 2.58. The quantitative estimate of drug-likeness (QED) is 0.771. The zero-order valence-electron chi connectivity index (χ0n) is 10.1. The number of aliphatic hydroxyl groups excluding tert-OH is 1. The summed E-state index contributed by atoms with van der Waals surface area (Å²) in [6.45, 7) is 3.92. The molecule has 1 aliphatic rings. The van der Waals surface area contributed by atoms with Gasteiger partial charge in [0.25, 0.3) is 0 Å². The lowest BCUT2D eigenvalue weighted by Crippen LogP contribution is -2.38. The smallest absolute Gasteiger partial charge is 0.217 e. The van der Waals surface area contributed by atoms with Crippen LogP contribution < -0.4 is 10.1 Å². The maximum absolute atomic E-state index is 11.1. The van der Waals surface area contributed by atoms with Gasteiger partial charge in [0, 0.05) is 18.9 Å². The molecule has 0 spiro atoms. The van der Waals surface area contributed by atoms with Crippen molar-refractivity contribution in [3.8, 4) is 5.75 Å². The number of hydrogen-bond donors (Lipinski definition) is 2. The molecule has 1 aromatic rings. The van der Waals surface area contributed by atoms with Crippen molar-refractivity contribution in [1.82, 2.24) is 5.32 Å². The minimum absolute atomic E-state index is 0.134. The molecular weight excluding hydrogens is 218 g/mol. The highest BCUT2D eigenvalue weighted by Gasteiger charge is 2.27. The van der Waals surface area contributed by atoms with Gasteiger partial charge in [0.2, 0.25) is 5.91 Å². The van der Waals surface area contributed by atoms with Crippen molar-refractivity contribution < 1.29 is 14.6 Å². The number of ether oxygens (including phenoxy) is 1. The first-order chi connectivity index (χ1) is 8.08. The maximum atomic E-state index is 11.1. The topological polar surface area (TPSA) is 58.6 Å². The molecule has 92 valence electrons. The molecule has 4 heteroatoms. The zero-order chi connectivity index (χ0) is 12.4. The predicted octanol–water partition coefficient (Wildman–Crippen LogP) is 1.32. The molecule has 4 nitrogen and oxygen atoms in total. The predicted molar refractivity (Wildman–Crippen MR) is 63.9 cm³/mol. The van der Waals surface area contributed by atoms with E-state index in [4.69, 9.17) is 4.74 Å². The average molecular weight is 235 g/mol. The minimum Gasteiger partial charge on any atom is -0.493 e. The number of hydrogen-bond acceptors (Lipinski definition) is 3. The summed E-state index contributed by atoms with van der Waals surface area (Å²) in [6.07, 6.45) is -0.106. The number of carbonyl (C=O) groups is 1. The van der Waals surface area contributed by atoms with Crippen molar-refractivity contribution in [3.05, 3.63) is 29.3 Å². The van der Waals surface area contributed by atoms with Crippen LogP contribution in [0.25, 0.3) is 0 Å². The molecule has 1 aromatic carbocycles. The van der Waals surface area contributed by atoms with Crippen LogP contribution in [0.5, 0.6) is 5.75 Å². The molecule has 2 rings (SSSR count). The lowest BCUT2D eigenvalue weighted by molar-refractivity contribution is -0.120. The maximum Gasteiger partial charge on any atom is 0.217 e. The first-order valence-corrected chi connectivity index (χ1v) is 5.76. The Morgan fingerprint density at radius 2 is 2.29 bits per heavy atom. The van der Waals surface area contributed by atoms with Gasteiger partial charge in [0.15, 0.2) is 0 Å². The van der Waals surface area contributed by atoms with Crippen molar-refractivity contribution in [2.24, 2.45) is 0 Å². The van der Waals surface area contributed by atoms with Crippen LogP contribution in [0, 0.1) is 6.92 Å². The van der Waals surface area contributed by atoms with Crippen molar-refractivity contribution in [2.45, 2.75) is 32.4 Å². The van der Waals surface area contributed by atoms with E-state index < -0.39 is 6.10 Å². The van der Waals surface area contributed by atoms with Crippen LogP contribution in [0.3, 0.4) is 0 Å². The molecule has 1 amide bonds. The summed E-state index contributed by atoms with van der Waals surface area (Å²) in [5, 5.41) is 13.0. The van der Waals surface area contributed by atoms with Crippen molar-refractivity contribution >= 4 is 5.91 Å². The molecule has 0 saturated carbocycles. The minimum atomic E-state index is -0.712. The van der Waals surface area contributed by atoms with Crippen molar-refractivity contribution in [2.75, 3.05) is 6.61 Å². The Labute approximate surface area is 101 Å². The fraction of sp³-hybridized carbons (Fsp3) is 0.462. The molecule has 17 heavy (non-hydrogen) atoms. The van der Waals surface area contributed by atoms with Crippen molar-refractivity contribution in [1.29, 1.82) is 0 Å². The first kappa shape index (κ1) is 11.9. The Hall–Kier alpha value is -1.55. The van der Waals surface area contributed by atoms with E-state index in [1.165, 1.54) is 6.92 Å². The van der Waals surface area contributed by atoms with Crippen molar-refractivity contribution in [3.63, 3.8) is 0 Å². The van der Waals surface area contributed by atoms with Crippen LogP contribution in [-0.4, -0.2) is 23.7 Å². The third-order valence-corrected chi connectivity index (χ3v) is 2.94. The Kier molecular flexibility index (Phi) is 3.33. The highest BCUT2D eigenvalue weighted by Crippen LogP contribution is 2.32. The number of aliphatic hydroxyl groups is 1. The number of rotatable bonds is 1. The van der Waals surface area contributed by atoms with Gasteiger partial charge < -0.3 is 15.2 Å². The summed E-state index contributed by atoms with van der Waals surface area (Å²) in [5.41, 5.74) is 1.82. The number of amides is 1. The van der Waals surface area contributed by atoms with Gasteiger partial charge in [0.05, 0.1) is 12.6 Å². The van der Waals surface area contributed by atoms with Crippen LogP contribution in [0.1, 0.15) is 30.6 Å². The molecule has 2 unspecified atom stereocenters. The van der Waals surface area contributed by atoms with Crippen LogP contribution in [0.4, 0.5) is 0 Å². The van der Waals surface area contributed by atoms with Gasteiger partial charge in [-0.1, -0.05) is 11.6 Å². The SMILES string of the molecule is CC(=O)NC1CCOc2ccc(C)cc2C1O. The standard InChI is InChI=1S/C13H17NO3/c1-8-3-4-12-10(7-8)13(16)11(5-6-17-12)14-9(2)15/h3-4,7,11,13,16H,5-6H2,1-2H3,(H,14,15). The van der Waals surface area contributed by atoms with Gasteiger partial charge in [-0.15, -0.1) is 0 Å². The van der Waals surface area contributed by atoms with Gasteiger partial charge in [-0.3, -0.25) is 4.79 Å². The first-order valence-electron chi connectivity index (χ1n) is 5.76. The normalized spacial score (nSPS) is 23.2. The number of aryl methyl sites for hydroxylation is 1. The van der Waals surface area contributed by atoms with Gasteiger partial charge in [-0.2, -0.15) is 0 Å². The van der Waals surface area contributed by atoms with Gasteiger partial charge in [0.1, 0.15) is 11.9 Å². The highest BCUT2D eigenvalue weighted by molar-refractivity contribution is 5.73. The van der Waals surface area contributed by atoms with E-state index in [9.17, 15) is 9.90 Å².